The minimum Gasteiger partial charge on any atom is -0.507 e. The molecule has 0 aliphatic carbocycles. The van der Waals surface area contributed by atoms with Crippen molar-refractivity contribution < 1.29 is 33.7 Å². The normalized spacial score (nSPS) is 16.4. The molecule has 1 aliphatic heterocycles. The van der Waals surface area contributed by atoms with Crippen molar-refractivity contribution in [1.29, 1.82) is 0 Å². The number of aliphatic hydroxyl groups excluding tert-OH is 1. The van der Waals surface area contributed by atoms with E-state index in [1.165, 1.54) is 31.3 Å². The quantitative estimate of drug-likeness (QED) is 0.184. The topological polar surface area (TPSA) is 102 Å². The van der Waals surface area contributed by atoms with Crippen molar-refractivity contribution in [2.24, 2.45) is 0 Å². The Kier molecular flexibility index (Phi) is 8.02. The number of rotatable bonds is 8. The fourth-order valence-corrected chi connectivity index (χ4v) is 4.61. The van der Waals surface area contributed by atoms with Crippen molar-refractivity contribution in [3.63, 3.8) is 0 Å². The zero-order valence-corrected chi connectivity index (χ0v) is 21.8. The number of ether oxygens (including phenoxy) is 3. The van der Waals surface area contributed by atoms with Gasteiger partial charge >= 0.3 is 5.97 Å². The van der Waals surface area contributed by atoms with Crippen LogP contribution in [0.4, 0.5) is 0 Å². The molecule has 1 atom stereocenters. The van der Waals surface area contributed by atoms with E-state index in [0.717, 1.165) is 0 Å². The minimum absolute atomic E-state index is 0.0600. The molecule has 1 aliphatic rings. The molecule has 3 aromatic carbocycles. The van der Waals surface area contributed by atoms with Gasteiger partial charge in [0.05, 0.1) is 48.6 Å². The number of ketones is 1. The van der Waals surface area contributed by atoms with Crippen LogP contribution in [0.2, 0.25) is 5.02 Å². The number of carbonyl (C=O) groups excluding carboxylic acids is 3. The maximum absolute atomic E-state index is 13.4. The Hall–Kier alpha value is -4.30. The minimum atomic E-state index is -0.883. The van der Waals surface area contributed by atoms with Crippen molar-refractivity contribution in [3.8, 4) is 11.5 Å². The smallest absolute Gasteiger partial charge is 0.338 e. The summed E-state index contributed by atoms with van der Waals surface area (Å²) in [5, 5.41) is 11.6. The monoisotopic (exact) mass is 535 g/mol. The summed E-state index contributed by atoms with van der Waals surface area (Å²) in [5.74, 6) is -1.93. The molecular formula is C29H26ClNO7. The first-order valence-corrected chi connectivity index (χ1v) is 12.2. The summed E-state index contributed by atoms with van der Waals surface area (Å²) in [6.45, 7) is 2.04. The lowest BCUT2D eigenvalue weighted by atomic mass is 9.94. The van der Waals surface area contributed by atoms with Crippen LogP contribution in [0, 0.1) is 0 Å². The van der Waals surface area contributed by atoms with Crippen molar-refractivity contribution in [1.82, 2.24) is 4.90 Å². The number of hydrogen-bond donors (Lipinski definition) is 1. The summed E-state index contributed by atoms with van der Waals surface area (Å²) in [7, 11) is 2.85. The van der Waals surface area contributed by atoms with Crippen molar-refractivity contribution >= 4 is 35.0 Å². The summed E-state index contributed by atoms with van der Waals surface area (Å²) >= 11 is 6.31. The molecule has 196 valence electrons. The van der Waals surface area contributed by atoms with Gasteiger partial charge in [0.1, 0.15) is 17.3 Å². The number of Topliss-reactive ketones (excluding diaryl/α,β-unsaturated/α-hetero) is 1. The van der Waals surface area contributed by atoms with Gasteiger partial charge in [0, 0.05) is 12.6 Å². The second-order valence-corrected chi connectivity index (χ2v) is 8.85. The molecule has 0 saturated carbocycles. The van der Waals surface area contributed by atoms with Gasteiger partial charge in [0.25, 0.3) is 11.7 Å². The van der Waals surface area contributed by atoms with Crippen LogP contribution in [0.15, 0.2) is 72.3 Å². The summed E-state index contributed by atoms with van der Waals surface area (Å²) in [4.78, 5) is 40.1. The van der Waals surface area contributed by atoms with E-state index in [1.54, 1.807) is 55.5 Å². The summed E-state index contributed by atoms with van der Waals surface area (Å²) in [6, 6.07) is 17.6. The molecule has 0 spiro atoms. The average Bonchev–Trinajstić information content (AvgIpc) is 3.18. The molecule has 0 radical (unpaired) electrons. The molecule has 1 amide bonds. The van der Waals surface area contributed by atoms with Gasteiger partial charge in [-0.15, -0.1) is 0 Å². The number of carbonyl (C=O) groups is 3. The molecule has 1 unspecified atom stereocenters. The molecular weight excluding hydrogens is 510 g/mol. The van der Waals surface area contributed by atoms with Crippen LogP contribution in [0.3, 0.4) is 0 Å². The largest absolute Gasteiger partial charge is 0.507 e. The Bertz CT molecular complexity index is 1400. The van der Waals surface area contributed by atoms with Gasteiger partial charge in [-0.25, -0.2) is 4.79 Å². The van der Waals surface area contributed by atoms with Gasteiger partial charge in [-0.1, -0.05) is 54.1 Å². The SMILES string of the molecule is CCOC(=O)c1ccc(CN2C(=O)C(=O)/C(=C(/O)c3cc(Cl)c(OC)cc3OC)C2c2ccccc2)cc1. The Labute approximate surface area is 225 Å². The van der Waals surface area contributed by atoms with Gasteiger partial charge in [0.15, 0.2) is 0 Å². The zero-order valence-electron chi connectivity index (χ0n) is 21.1. The zero-order chi connectivity index (χ0) is 27.4. The Morgan fingerprint density at radius 3 is 2.24 bits per heavy atom. The van der Waals surface area contributed by atoms with Gasteiger partial charge in [-0.2, -0.15) is 0 Å². The third-order valence-electron chi connectivity index (χ3n) is 6.20. The van der Waals surface area contributed by atoms with E-state index in [-0.39, 0.29) is 35.1 Å². The van der Waals surface area contributed by atoms with Gasteiger partial charge in [0.2, 0.25) is 0 Å². The highest BCUT2D eigenvalue weighted by molar-refractivity contribution is 6.46. The molecule has 38 heavy (non-hydrogen) atoms. The number of benzene rings is 3. The number of aliphatic hydroxyl groups is 1. The summed E-state index contributed by atoms with van der Waals surface area (Å²) < 4.78 is 15.7. The van der Waals surface area contributed by atoms with Crippen LogP contribution >= 0.6 is 11.6 Å². The van der Waals surface area contributed by atoms with Crippen molar-refractivity contribution in [2.45, 2.75) is 19.5 Å². The first-order valence-electron chi connectivity index (χ1n) is 11.8. The Balaban J connectivity index is 1.81. The van der Waals surface area contributed by atoms with E-state index in [0.29, 0.717) is 22.4 Å². The predicted molar refractivity (Wildman–Crippen MR) is 141 cm³/mol. The number of nitrogens with zero attached hydrogens (tertiary/aromatic N) is 1. The first kappa shape index (κ1) is 26.8. The van der Waals surface area contributed by atoms with E-state index in [9.17, 15) is 19.5 Å². The van der Waals surface area contributed by atoms with Gasteiger partial charge in [-0.3, -0.25) is 9.59 Å². The molecule has 4 rings (SSSR count). The van der Waals surface area contributed by atoms with E-state index in [4.69, 9.17) is 25.8 Å². The van der Waals surface area contributed by atoms with E-state index in [1.807, 2.05) is 6.07 Å². The standard InChI is InChI=1S/C29H26ClNO7/c1-4-38-29(35)19-12-10-17(11-13-19)16-31-25(18-8-6-5-7-9-18)24(27(33)28(31)34)26(32)20-14-21(30)23(37-3)15-22(20)36-2/h5-15,25,32H,4,16H2,1-3H3/b26-24+. The molecule has 3 aromatic rings. The molecule has 0 bridgehead atoms. The lowest BCUT2D eigenvalue weighted by Crippen LogP contribution is -2.29. The Morgan fingerprint density at radius 1 is 0.974 bits per heavy atom. The summed E-state index contributed by atoms with van der Waals surface area (Å²) in [6.07, 6.45) is 0. The van der Waals surface area contributed by atoms with Crippen molar-refractivity contribution in [2.75, 3.05) is 20.8 Å². The molecule has 1 saturated heterocycles. The number of methoxy groups -OCH3 is 2. The molecule has 8 nitrogen and oxygen atoms in total. The highest BCUT2D eigenvalue weighted by Crippen LogP contribution is 2.43. The van der Waals surface area contributed by atoms with Gasteiger partial charge < -0.3 is 24.2 Å². The predicted octanol–water partition coefficient (Wildman–Crippen LogP) is 5.16. The third-order valence-corrected chi connectivity index (χ3v) is 6.50. The van der Waals surface area contributed by atoms with Crippen LogP contribution < -0.4 is 9.47 Å². The second kappa shape index (κ2) is 11.4. The fraction of sp³-hybridized carbons (Fsp3) is 0.207. The van der Waals surface area contributed by atoms with Crippen LogP contribution in [0.5, 0.6) is 11.5 Å². The average molecular weight is 536 g/mol. The van der Waals surface area contributed by atoms with Gasteiger partial charge in [-0.05, 0) is 36.2 Å². The number of halogens is 1. The lowest BCUT2D eigenvalue weighted by Gasteiger charge is -2.25. The van der Waals surface area contributed by atoms with Crippen molar-refractivity contribution in [3.05, 3.63) is 99.6 Å². The highest BCUT2D eigenvalue weighted by Gasteiger charge is 2.46. The molecule has 0 aromatic heterocycles. The molecule has 9 heteroatoms. The van der Waals surface area contributed by atoms with Crippen LogP contribution in [0.1, 0.15) is 40.0 Å². The van der Waals surface area contributed by atoms with Crippen LogP contribution in [0.25, 0.3) is 5.76 Å². The number of likely N-dealkylation sites (tertiary alicyclic amines) is 1. The first-order chi connectivity index (χ1) is 18.3. The van der Waals surface area contributed by atoms with Crippen LogP contribution in [-0.2, 0) is 20.9 Å². The van der Waals surface area contributed by atoms with E-state index in [2.05, 4.69) is 0 Å². The second-order valence-electron chi connectivity index (χ2n) is 8.44. The maximum Gasteiger partial charge on any atom is 0.338 e. The number of amides is 1. The third kappa shape index (κ3) is 5.08. The molecule has 1 fully saturated rings. The highest BCUT2D eigenvalue weighted by atomic mass is 35.5. The van der Waals surface area contributed by atoms with E-state index >= 15 is 0 Å². The number of esters is 1. The summed E-state index contributed by atoms with van der Waals surface area (Å²) in [5.41, 5.74) is 1.75. The molecule has 1 heterocycles. The van der Waals surface area contributed by atoms with E-state index < -0.39 is 29.5 Å². The Morgan fingerprint density at radius 2 is 1.63 bits per heavy atom. The number of hydrogen-bond acceptors (Lipinski definition) is 7. The van der Waals surface area contributed by atoms with Crippen LogP contribution in [-0.4, -0.2) is 48.5 Å². The fourth-order valence-electron chi connectivity index (χ4n) is 4.37. The maximum atomic E-state index is 13.4. The lowest BCUT2D eigenvalue weighted by molar-refractivity contribution is -0.140. The molecule has 1 N–H and O–H groups in total.